The second-order valence-corrected chi connectivity index (χ2v) is 4.61. The van der Waals surface area contributed by atoms with E-state index in [-0.39, 0.29) is 0 Å². The van der Waals surface area contributed by atoms with Crippen molar-refractivity contribution in [1.82, 2.24) is 21.1 Å². The van der Waals surface area contributed by atoms with Crippen molar-refractivity contribution in [3.05, 3.63) is 0 Å². The summed E-state index contributed by atoms with van der Waals surface area (Å²) in [6, 6.07) is 0. The molecule has 0 aliphatic heterocycles. The van der Waals surface area contributed by atoms with Crippen molar-refractivity contribution in [1.29, 1.82) is 0 Å². The molecule has 0 spiro atoms. The zero-order chi connectivity index (χ0) is 14.3. The summed E-state index contributed by atoms with van der Waals surface area (Å²) in [6.07, 6.45) is 3.66. The third-order valence-electron chi connectivity index (χ3n) is 2.78. The Morgan fingerprint density at radius 1 is 0.947 bits per heavy atom. The second kappa shape index (κ2) is 13.6. The molecule has 0 saturated carbocycles. The highest BCUT2D eigenvalue weighted by atomic mass is 16.4. The van der Waals surface area contributed by atoms with Crippen LogP contribution in [0.2, 0.25) is 0 Å². The lowest BCUT2D eigenvalue weighted by Crippen LogP contribution is -2.47. The van der Waals surface area contributed by atoms with Gasteiger partial charge in [0.2, 0.25) is 0 Å². The van der Waals surface area contributed by atoms with E-state index in [4.69, 9.17) is 5.11 Å². The van der Waals surface area contributed by atoms with E-state index in [9.17, 15) is 4.79 Å². The Labute approximate surface area is 116 Å². The molecule has 0 aromatic carbocycles. The third kappa shape index (κ3) is 13.4. The SMILES string of the molecule is CCCCNCCN(CCNCCCC)NC(=O)O. The van der Waals surface area contributed by atoms with Gasteiger partial charge in [0.1, 0.15) is 0 Å². The number of unbranched alkanes of at least 4 members (excludes halogenated alkanes) is 2. The van der Waals surface area contributed by atoms with Gasteiger partial charge in [-0.15, -0.1) is 0 Å². The molecule has 0 heterocycles. The van der Waals surface area contributed by atoms with Gasteiger partial charge in [0.15, 0.2) is 0 Å². The summed E-state index contributed by atoms with van der Waals surface area (Å²) in [5, 5.41) is 17.1. The van der Waals surface area contributed by atoms with E-state index in [2.05, 4.69) is 29.9 Å². The molecule has 6 heteroatoms. The fraction of sp³-hybridized carbons (Fsp3) is 0.923. The average Bonchev–Trinajstić information content (AvgIpc) is 2.37. The van der Waals surface area contributed by atoms with Gasteiger partial charge in [-0.2, -0.15) is 0 Å². The summed E-state index contributed by atoms with van der Waals surface area (Å²) >= 11 is 0. The van der Waals surface area contributed by atoms with E-state index in [1.165, 1.54) is 12.8 Å². The van der Waals surface area contributed by atoms with Gasteiger partial charge in [0.25, 0.3) is 0 Å². The fourth-order valence-corrected chi connectivity index (χ4v) is 1.64. The first-order valence-corrected chi connectivity index (χ1v) is 7.36. The minimum Gasteiger partial charge on any atom is -0.464 e. The van der Waals surface area contributed by atoms with Crippen LogP contribution in [0.1, 0.15) is 39.5 Å². The molecule has 0 saturated heterocycles. The van der Waals surface area contributed by atoms with E-state index in [1.807, 2.05) is 0 Å². The summed E-state index contributed by atoms with van der Waals surface area (Å²) in [4.78, 5) is 10.7. The van der Waals surface area contributed by atoms with Gasteiger partial charge in [-0.3, -0.25) is 5.43 Å². The standard InChI is InChI=1S/C13H30N4O2/c1-3-5-7-14-9-11-17(16-13(18)19)12-10-15-8-6-4-2/h14-16H,3-12H2,1-2H3,(H,18,19). The molecule has 0 atom stereocenters. The molecular formula is C13H30N4O2. The highest BCUT2D eigenvalue weighted by Crippen LogP contribution is 1.86. The maximum atomic E-state index is 10.7. The Hall–Kier alpha value is -0.850. The molecule has 4 N–H and O–H groups in total. The first-order chi connectivity index (χ1) is 9.20. The van der Waals surface area contributed by atoms with Crippen LogP contribution in [0.3, 0.4) is 0 Å². The molecule has 6 nitrogen and oxygen atoms in total. The lowest BCUT2D eigenvalue weighted by molar-refractivity contribution is 0.139. The molecule has 0 unspecified atom stereocenters. The molecule has 0 aliphatic carbocycles. The summed E-state index contributed by atoms with van der Waals surface area (Å²) in [5.74, 6) is 0. The maximum Gasteiger partial charge on any atom is 0.419 e. The number of carboxylic acid groups (broad SMARTS) is 1. The first kappa shape index (κ1) is 18.1. The van der Waals surface area contributed by atoms with Gasteiger partial charge in [-0.1, -0.05) is 26.7 Å². The average molecular weight is 274 g/mol. The number of hydrogen-bond acceptors (Lipinski definition) is 4. The largest absolute Gasteiger partial charge is 0.464 e. The summed E-state index contributed by atoms with van der Waals surface area (Å²) in [7, 11) is 0. The van der Waals surface area contributed by atoms with Crippen molar-refractivity contribution in [2.24, 2.45) is 0 Å². The van der Waals surface area contributed by atoms with Gasteiger partial charge >= 0.3 is 6.09 Å². The smallest absolute Gasteiger partial charge is 0.419 e. The zero-order valence-corrected chi connectivity index (χ0v) is 12.4. The highest BCUT2D eigenvalue weighted by molar-refractivity contribution is 5.63. The third-order valence-corrected chi connectivity index (χ3v) is 2.78. The number of hydrazine groups is 1. The van der Waals surface area contributed by atoms with Crippen LogP contribution in [-0.2, 0) is 0 Å². The number of carbonyl (C=O) groups is 1. The van der Waals surface area contributed by atoms with Crippen molar-refractivity contribution in [2.75, 3.05) is 39.3 Å². The van der Waals surface area contributed by atoms with Gasteiger partial charge in [-0.25, -0.2) is 9.80 Å². The summed E-state index contributed by atoms with van der Waals surface area (Å²) in [6.45, 7) is 9.27. The normalized spacial score (nSPS) is 10.9. The highest BCUT2D eigenvalue weighted by Gasteiger charge is 2.06. The maximum absolute atomic E-state index is 10.7. The van der Waals surface area contributed by atoms with E-state index in [0.29, 0.717) is 13.1 Å². The van der Waals surface area contributed by atoms with Gasteiger partial charge in [-0.05, 0) is 25.9 Å². The van der Waals surface area contributed by atoms with E-state index in [0.717, 1.165) is 39.0 Å². The van der Waals surface area contributed by atoms with Crippen LogP contribution in [0, 0.1) is 0 Å². The number of nitrogens with one attached hydrogen (secondary N) is 3. The molecule has 0 aromatic heterocycles. The molecule has 0 aromatic rings. The predicted octanol–water partition coefficient (Wildman–Crippen LogP) is 1.25. The van der Waals surface area contributed by atoms with Crippen molar-refractivity contribution in [2.45, 2.75) is 39.5 Å². The van der Waals surface area contributed by atoms with Crippen molar-refractivity contribution >= 4 is 6.09 Å². The number of nitrogens with zero attached hydrogens (tertiary/aromatic N) is 1. The quantitative estimate of drug-likeness (QED) is 0.300. The molecule has 19 heavy (non-hydrogen) atoms. The molecule has 114 valence electrons. The van der Waals surface area contributed by atoms with E-state index in [1.54, 1.807) is 5.01 Å². The van der Waals surface area contributed by atoms with E-state index < -0.39 is 6.09 Å². The van der Waals surface area contributed by atoms with E-state index >= 15 is 0 Å². The Bertz CT molecular complexity index is 201. The first-order valence-electron chi connectivity index (χ1n) is 7.36. The molecule has 0 aliphatic rings. The van der Waals surface area contributed by atoms with Crippen molar-refractivity contribution in [3.63, 3.8) is 0 Å². The summed E-state index contributed by atoms with van der Waals surface area (Å²) < 4.78 is 0. The monoisotopic (exact) mass is 274 g/mol. The van der Waals surface area contributed by atoms with Crippen LogP contribution < -0.4 is 16.1 Å². The second-order valence-electron chi connectivity index (χ2n) is 4.61. The topological polar surface area (TPSA) is 76.6 Å². The minimum atomic E-state index is -0.998. The van der Waals surface area contributed by atoms with Gasteiger partial charge < -0.3 is 15.7 Å². The van der Waals surface area contributed by atoms with Crippen molar-refractivity contribution < 1.29 is 9.90 Å². The Morgan fingerprint density at radius 3 is 1.79 bits per heavy atom. The van der Waals surface area contributed by atoms with Crippen LogP contribution in [0.4, 0.5) is 4.79 Å². The number of hydrogen-bond donors (Lipinski definition) is 4. The molecule has 0 fully saturated rings. The fourth-order valence-electron chi connectivity index (χ4n) is 1.64. The molecule has 0 rings (SSSR count). The van der Waals surface area contributed by atoms with Crippen LogP contribution in [0.15, 0.2) is 0 Å². The summed E-state index contributed by atoms with van der Waals surface area (Å²) in [5.41, 5.74) is 2.43. The Kier molecular flexibility index (Phi) is 13.0. The lowest BCUT2D eigenvalue weighted by atomic mass is 10.3. The number of amides is 1. The lowest BCUT2D eigenvalue weighted by Gasteiger charge is -2.21. The van der Waals surface area contributed by atoms with Crippen LogP contribution in [0.5, 0.6) is 0 Å². The molecule has 0 radical (unpaired) electrons. The molecule has 0 bridgehead atoms. The van der Waals surface area contributed by atoms with Crippen LogP contribution in [0.25, 0.3) is 0 Å². The van der Waals surface area contributed by atoms with Crippen LogP contribution in [-0.4, -0.2) is 55.5 Å². The van der Waals surface area contributed by atoms with Crippen molar-refractivity contribution in [3.8, 4) is 0 Å². The minimum absolute atomic E-state index is 0.686. The van der Waals surface area contributed by atoms with Crippen LogP contribution >= 0.6 is 0 Å². The van der Waals surface area contributed by atoms with Gasteiger partial charge in [0.05, 0.1) is 0 Å². The molecular weight excluding hydrogens is 244 g/mol. The Balaban J connectivity index is 3.66. The van der Waals surface area contributed by atoms with Gasteiger partial charge in [0, 0.05) is 26.2 Å². The molecule has 1 amide bonds. The zero-order valence-electron chi connectivity index (χ0n) is 12.4. The Morgan fingerprint density at radius 2 is 1.42 bits per heavy atom. The predicted molar refractivity (Wildman–Crippen MR) is 78.3 cm³/mol. The number of rotatable bonds is 13.